The standard InChI is InChI=1S/C20H22ClNO3/c1-23-17-7-3-5-14(20(17)24-2)18-13-6-4-10-25-19(13)15-11-12(21)8-9-16(15)22-18/h3,5,7-9,11,13,18-19,22H,4,6,10H2,1-2H3/t13-,18-,19-/m1/s1. The van der Waals surface area contributed by atoms with E-state index in [1.54, 1.807) is 14.2 Å². The number of ether oxygens (including phenoxy) is 3. The van der Waals surface area contributed by atoms with Crippen LogP contribution in [0.2, 0.25) is 5.02 Å². The number of para-hydroxylation sites is 1. The van der Waals surface area contributed by atoms with Crippen LogP contribution in [-0.2, 0) is 4.74 Å². The quantitative estimate of drug-likeness (QED) is 0.837. The van der Waals surface area contributed by atoms with E-state index in [-0.39, 0.29) is 12.1 Å². The van der Waals surface area contributed by atoms with Crippen molar-refractivity contribution in [2.45, 2.75) is 25.0 Å². The van der Waals surface area contributed by atoms with Crippen molar-refractivity contribution < 1.29 is 14.2 Å². The molecule has 25 heavy (non-hydrogen) atoms. The topological polar surface area (TPSA) is 39.7 Å². The van der Waals surface area contributed by atoms with Crippen LogP contribution in [-0.4, -0.2) is 20.8 Å². The zero-order valence-electron chi connectivity index (χ0n) is 14.4. The van der Waals surface area contributed by atoms with Crippen LogP contribution in [0.25, 0.3) is 0 Å². The second-order valence-electron chi connectivity index (χ2n) is 6.53. The molecule has 1 saturated heterocycles. The molecular formula is C20H22ClNO3. The molecule has 2 aliphatic rings. The third-order valence-electron chi connectivity index (χ3n) is 5.20. The lowest BCUT2D eigenvalue weighted by atomic mass is 9.77. The summed E-state index contributed by atoms with van der Waals surface area (Å²) in [5.41, 5.74) is 3.32. The second kappa shape index (κ2) is 6.77. The molecule has 0 amide bonds. The number of rotatable bonds is 3. The van der Waals surface area contributed by atoms with Gasteiger partial charge in [0.2, 0.25) is 0 Å². The summed E-state index contributed by atoms with van der Waals surface area (Å²) in [5, 5.41) is 4.43. The van der Waals surface area contributed by atoms with E-state index in [4.69, 9.17) is 25.8 Å². The molecule has 0 aliphatic carbocycles. The maximum atomic E-state index is 6.23. The summed E-state index contributed by atoms with van der Waals surface area (Å²) in [6.07, 6.45) is 2.19. The van der Waals surface area contributed by atoms with Crippen molar-refractivity contribution in [1.29, 1.82) is 0 Å². The Morgan fingerprint density at radius 2 is 2.00 bits per heavy atom. The van der Waals surface area contributed by atoms with E-state index in [9.17, 15) is 0 Å². The van der Waals surface area contributed by atoms with Gasteiger partial charge in [-0.05, 0) is 37.1 Å². The largest absolute Gasteiger partial charge is 0.493 e. The number of hydrogen-bond donors (Lipinski definition) is 1. The average Bonchev–Trinajstić information content (AvgIpc) is 2.66. The molecule has 1 fully saturated rings. The van der Waals surface area contributed by atoms with Gasteiger partial charge in [-0.2, -0.15) is 0 Å². The van der Waals surface area contributed by atoms with Gasteiger partial charge in [-0.1, -0.05) is 23.7 Å². The van der Waals surface area contributed by atoms with Crippen LogP contribution in [0.5, 0.6) is 11.5 Å². The van der Waals surface area contributed by atoms with Gasteiger partial charge in [0.1, 0.15) is 0 Å². The number of anilines is 1. The maximum Gasteiger partial charge on any atom is 0.165 e. The molecule has 0 saturated carbocycles. The maximum absolute atomic E-state index is 6.23. The van der Waals surface area contributed by atoms with Crippen molar-refractivity contribution in [3.8, 4) is 11.5 Å². The summed E-state index contributed by atoms with van der Waals surface area (Å²) in [6.45, 7) is 0.787. The van der Waals surface area contributed by atoms with E-state index in [2.05, 4.69) is 11.4 Å². The van der Waals surface area contributed by atoms with Crippen molar-refractivity contribution >= 4 is 17.3 Å². The van der Waals surface area contributed by atoms with Crippen LogP contribution in [0.4, 0.5) is 5.69 Å². The number of methoxy groups -OCH3 is 2. The molecule has 5 heteroatoms. The highest BCUT2D eigenvalue weighted by Gasteiger charge is 2.41. The SMILES string of the molecule is COc1cccc([C@@H]2Nc3ccc(Cl)cc3[C@@H]3OCCC[C@H]23)c1OC. The van der Waals surface area contributed by atoms with Crippen molar-refractivity contribution in [2.75, 3.05) is 26.1 Å². The van der Waals surface area contributed by atoms with Crippen molar-refractivity contribution in [1.82, 2.24) is 0 Å². The van der Waals surface area contributed by atoms with Gasteiger partial charge in [0.15, 0.2) is 11.5 Å². The Hall–Kier alpha value is -1.91. The lowest BCUT2D eigenvalue weighted by molar-refractivity contribution is -0.0383. The molecular weight excluding hydrogens is 338 g/mol. The van der Waals surface area contributed by atoms with Gasteiger partial charge >= 0.3 is 0 Å². The number of benzene rings is 2. The fourth-order valence-electron chi connectivity index (χ4n) is 4.11. The molecule has 2 aromatic rings. The van der Waals surface area contributed by atoms with Crippen molar-refractivity contribution in [2.24, 2.45) is 5.92 Å². The van der Waals surface area contributed by atoms with E-state index in [1.807, 2.05) is 30.3 Å². The second-order valence-corrected chi connectivity index (χ2v) is 6.97. The van der Waals surface area contributed by atoms with Gasteiger partial charge in [-0.25, -0.2) is 0 Å². The lowest BCUT2D eigenvalue weighted by Gasteiger charge is -2.43. The molecule has 1 N–H and O–H groups in total. The van der Waals surface area contributed by atoms with Gasteiger partial charge in [0.05, 0.1) is 26.4 Å². The molecule has 0 aromatic heterocycles. The van der Waals surface area contributed by atoms with Gasteiger partial charge in [-0.3, -0.25) is 0 Å². The zero-order chi connectivity index (χ0) is 17.4. The van der Waals surface area contributed by atoms with Crippen molar-refractivity contribution in [3.05, 3.63) is 52.5 Å². The average molecular weight is 360 g/mol. The first-order chi connectivity index (χ1) is 12.2. The minimum atomic E-state index is 0.0459. The smallest absolute Gasteiger partial charge is 0.165 e. The Balaban J connectivity index is 1.82. The van der Waals surface area contributed by atoms with Crippen LogP contribution >= 0.6 is 11.6 Å². The van der Waals surface area contributed by atoms with Crippen LogP contribution in [0.15, 0.2) is 36.4 Å². The van der Waals surface area contributed by atoms with Gasteiger partial charge in [0, 0.05) is 34.4 Å². The lowest BCUT2D eigenvalue weighted by Crippen LogP contribution is -2.36. The summed E-state index contributed by atoms with van der Waals surface area (Å²) < 4.78 is 17.3. The Kier molecular flexibility index (Phi) is 4.48. The molecule has 0 spiro atoms. The summed E-state index contributed by atoms with van der Waals surface area (Å²) in [5.74, 6) is 1.85. The van der Waals surface area contributed by atoms with E-state index < -0.39 is 0 Å². The Bertz CT molecular complexity index is 780. The summed E-state index contributed by atoms with van der Waals surface area (Å²) >= 11 is 6.23. The van der Waals surface area contributed by atoms with E-state index >= 15 is 0 Å². The number of nitrogens with one attached hydrogen (secondary N) is 1. The number of fused-ring (bicyclic) bond motifs is 3. The van der Waals surface area contributed by atoms with E-state index in [1.165, 1.54) is 0 Å². The van der Waals surface area contributed by atoms with E-state index in [0.717, 1.165) is 52.8 Å². The highest BCUT2D eigenvalue weighted by molar-refractivity contribution is 6.30. The van der Waals surface area contributed by atoms with Crippen molar-refractivity contribution in [3.63, 3.8) is 0 Å². The fraction of sp³-hybridized carbons (Fsp3) is 0.400. The highest BCUT2D eigenvalue weighted by Crippen LogP contribution is 2.51. The summed E-state index contributed by atoms with van der Waals surface area (Å²) in [7, 11) is 3.35. The van der Waals surface area contributed by atoms with Gasteiger partial charge in [0.25, 0.3) is 0 Å². The third kappa shape index (κ3) is 2.83. The van der Waals surface area contributed by atoms with Crippen LogP contribution in [0.3, 0.4) is 0 Å². The third-order valence-corrected chi connectivity index (χ3v) is 5.43. The predicted octanol–water partition coefficient (Wildman–Crippen LogP) is 4.99. The number of hydrogen-bond acceptors (Lipinski definition) is 4. The Labute approximate surface area is 153 Å². The van der Waals surface area contributed by atoms with Crippen LogP contribution in [0.1, 0.15) is 36.1 Å². The molecule has 0 bridgehead atoms. The minimum absolute atomic E-state index is 0.0459. The molecule has 0 unspecified atom stereocenters. The molecule has 2 heterocycles. The monoisotopic (exact) mass is 359 g/mol. The van der Waals surface area contributed by atoms with Crippen LogP contribution < -0.4 is 14.8 Å². The van der Waals surface area contributed by atoms with Crippen LogP contribution in [0, 0.1) is 5.92 Å². The fourth-order valence-corrected chi connectivity index (χ4v) is 4.29. The molecule has 3 atom stereocenters. The van der Waals surface area contributed by atoms with E-state index in [0.29, 0.717) is 5.92 Å². The minimum Gasteiger partial charge on any atom is -0.493 e. The zero-order valence-corrected chi connectivity index (χ0v) is 15.2. The predicted molar refractivity (Wildman–Crippen MR) is 98.8 cm³/mol. The number of halogens is 1. The van der Waals surface area contributed by atoms with Gasteiger partial charge in [-0.15, -0.1) is 0 Å². The molecule has 4 rings (SSSR count). The highest BCUT2D eigenvalue weighted by atomic mass is 35.5. The first-order valence-corrected chi connectivity index (χ1v) is 8.99. The molecule has 2 aromatic carbocycles. The summed E-state index contributed by atoms with van der Waals surface area (Å²) in [6, 6.07) is 12.1. The Morgan fingerprint density at radius 1 is 1.12 bits per heavy atom. The normalized spacial score (nSPS) is 24.7. The molecule has 132 valence electrons. The summed E-state index contributed by atoms with van der Waals surface area (Å²) in [4.78, 5) is 0. The first kappa shape index (κ1) is 16.6. The van der Waals surface area contributed by atoms with Gasteiger partial charge < -0.3 is 19.5 Å². The molecule has 2 aliphatic heterocycles. The Morgan fingerprint density at radius 3 is 2.80 bits per heavy atom. The molecule has 4 nitrogen and oxygen atoms in total. The first-order valence-electron chi connectivity index (χ1n) is 8.61. The molecule has 0 radical (unpaired) electrons.